The van der Waals surface area contributed by atoms with Crippen molar-refractivity contribution in [2.45, 2.75) is 13.3 Å². The maximum Gasteiger partial charge on any atom is 0.225 e. The Bertz CT molecular complexity index is 826. The third kappa shape index (κ3) is 7.25. The highest BCUT2D eigenvalue weighted by Crippen LogP contribution is 2.22. The van der Waals surface area contributed by atoms with Crippen LogP contribution in [0.5, 0.6) is 5.75 Å². The van der Waals surface area contributed by atoms with Crippen LogP contribution < -0.4 is 20.3 Å². The van der Waals surface area contributed by atoms with Gasteiger partial charge < -0.3 is 20.3 Å². The molecule has 3 rings (SSSR count). The van der Waals surface area contributed by atoms with Gasteiger partial charge in [-0.3, -0.25) is 9.89 Å². The maximum absolute atomic E-state index is 6.33. The summed E-state index contributed by atoms with van der Waals surface area (Å²) in [7, 11) is 1.64. The van der Waals surface area contributed by atoms with Crippen LogP contribution in [0.3, 0.4) is 0 Å². The molecule has 1 saturated heterocycles. The number of rotatable bonds is 9. The fraction of sp³-hybridized carbons (Fsp3) is 0.500. The first-order valence-electron chi connectivity index (χ1n) is 10.8. The van der Waals surface area contributed by atoms with Crippen LogP contribution in [0.2, 0.25) is 5.02 Å². The highest BCUT2D eigenvalue weighted by molar-refractivity contribution is 6.31. The Hall–Kier alpha value is -2.58. The number of anilines is 1. The summed E-state index contributed by atoms with van der Waals surface area (Å²) in [5, 5.41) is 7.43. The number of nitrogens with one attached hydrogen (secondary N) is 2. The smallest absolute Gasteiger partial charge is 0.225 e. The molecule has 1 aromatic heterocycles. The average molecular weight is 446 g/mol. The summed E-state index contributed by atoms with van der Waals surface area (Å²) in [6, 6.07) is 7.64. The lowest BCUT2D eigenvalue weighted by molar-refractivity contribution is 0.263. The van der Waals surface area contributed by atoms with Crippen molar-refractivity contribution in [2.24, 2.45) is 4.99 Å². The van der Waals surface area contributed by atoms with E-state index in [0.717, 1.165) is 87.0 Å². The van der Waals surface area contributed by atoms with E-state index in [1.165, 1.54) is 0 Å². The number of guanidine groups is 1. The minimum absolute atomic E-state index is 0.725. The third-order valence-corrected chi connectivity index (χ3v) is 5.54. The standard InChI is InChI=1S/C22H32ClN7O/c1-3-24-21(25-10-7-18-5-6-19(31-2)17-20(18)23)26-11-12-29-13-15-30(16-14-29)22-27-8-4-9-28-22/h4-6,8-9,17H,3,7,10-16H2,1-2H3,(H2,24,25,26). The van der Waals surface area contributed by atoms with Crippen molar-refractivity contribution < 1.29 is 4.74 Å². The van der Waals surface area contributed by atoms with Crippen LogP contribution in [0.15, 0.2) is 41.7 Å². The molecule has 2 N–H and O–H groups in total. The number of ether oxygens (including phenoxy) is 1. The molecule has 168 valence electrons. The molecule has 1 aliphatic heterocycles. The first-order chi connectivity index (χ1) is 15.2. The van der Waals surface area contributed by atoms with E-state index in [1.807, 2.05) is 24.3 Å². The van der Waals surface area contributed by atoms with Gasteiger partial charge in [-0.15, -0.1) is 0 Å². The molecular weight excluding hydrogens is 414 g/mol. The van der Waals surface area contributed by atoms with Crippen LogP contribution in [0.25, 0.3) is 0 Å². The van der Waals surface area contributed by atoms with Crippen molar-refractivity contribution >= 4 is 23.5 Å². The second-order valence-corrected chi connectivity index (χ2v) is 7.68. The Morgan fingerprint density at radius 2 is 1.94 bits per heavy atom. The lowest BCUT2D eigenvalue weighted by Gasteiger charge is -2.34. The lowest BCUT2D eigenvalue weighted by atomic mass is 10.1. The highest BCUT2D eigenvalue weighted by Gasteiger charge is 2.18. The van der Waals surface area contributed by atoms with E-state index in [1.54, 1.807) is 19.5 Å². The van der Waals surface area contributed by atoms with Crippen LogP contribution in [0, 0.1) is 0 Å². The number of methoxy groups -OCH3 is 1. The predicted octanol–water partition coefficient (Wildman–Crippen LogP) is 2.06. The third-order valence-electron chi connectivity index (χ3n) is 5.18. The molecule has 0 bridgehead atoms. The normalized spacial score (nSPS) is 15.1. The molecule has 0 radical (unpaired) electrons. The molecule has 1 fully saturated rings. The molecule has 0 spiro atoms. The van der Waals surface area contributed by atoms with Crippen molar-refractivity contribution in [3.05, 3.63) is 47.2 Å². The quantitative estimate of drug-likeness (QED) is 0.452. The summed E-state index contributed by atoms with van der Waals surface area (Å²) in [5.74, 6) is 2.42. The van der Waals surface area contributed by atoms with E-state index >= 15 is 0 Å². The van der Waals surface area contributed by atoms with Gasteiger partial charge in [0.2, 0.25) is 5.95 Å². The molecule has 0 amide bonds. The predicted molar refractivity (Wildman–Crippen MR) is 126 cm³/mol. The average Bonchev–Trinajstić information content (AvgIpc) is 2.81. The fourth-order valence-electron chi connectivity index (χ4n) is 3.44. The SMILES string of the molecule is CCNC(=NCCN1CCN(c2ncccn2)CC1)NCCc1ccc(OC)cc1Cl. The maximum atomic E-state index is 6.33. The first kappa shape index (κ1) is 23.1. The molecule has 0 saturated carbocycles. The molecule has 8 nitrogen and oxygen atoms in total. The summed E-state index contributed by atoms with van der Waals surface area (Å²) in [5.41, 5.74) is 1.09. The Balaban J connectivity index is 1.40. The number of aromatic nitrogens is 2. The molecule has 2 aromatic rings. The summed E-state index contributed by atoms with van der Waals surface area (Å²) in [4.78, 5) is 18.1. The molecule has 31 heavy (non-hydrogen) atoms. The van der Waals surface area contributed by atoms with Gasteiger partial charge in [0, 0.05) is 63.2 Å². The second-order valence-electron chi connectivity index (χ2n) is 7.27. The van der Waals surface area contributed by atoms with Crippen LogP contribution >= 0.6 is 11.6 Å². The van der Waals surface area contributed by atoms with Crippen molar-refractivity contribution in [2.75, 3.05) is 64.4 Å². The number of hydrogen-bond acceptors (Lipinski definition) is 6. The molecule has 0 aliphatic carbocycles. The molecule has 2 heterocycles. The van der Waals surface area contributed by atoms with E-state index in [4.69, 9.17) is 21.3 Å². The van der Waals surface area contributed by atoms with Gasteiger partial charge in [0.25, 0.3) is 0 Å². The molecule has 0 unspecified atom stereocenters. The number of piperazine rings is 1. The molecule has 9 heteroatoms. The summed E-state index contributed by atoms with van der Waals surface area (Å²) in [6.07, 6.45) is 4.40. The Labute approximate surface area is 189 Å². The zero-order valence-electron chi connectivity index (χ0n) is 18.4. The zero-order valence-corrected chi connectivity index (χ0v) is 19.1. The van der Waals surface area contributed by atoms with E-state index in [9.17, 15) is 0 Å². The van der Waals surface area contributed by atoms with Gasteiger partial charge in [-0.05, 0) is 37.1 Å². The van der Waals surface area contributed by atoms with Crippen molar-refractivity contribution in [3.63, 3.8) is 0 Å². The van der Waals surface area contributed by atoms with Gasteiger partial charge in [-0.2, -0.15) is 0 Å². The van der Waals surface area contributed by atoms with Crippen molar-refractivity contribution in [1.82, 2.24) is 25.5 Å². The minimum atomic E-state index is 0.725. The van der Waals surface area contributed by atoms with Gasteiger partial charge in [0.15, 0.2) is 5.96 Å². The van der Waals surface area contributed by atoms with Gasteiger partial charge in [-0.1, -0.05) is 17.7 Å². The highest BCUT2D eigenvalue weighted by atomic mass is 35.5. The zero-order chi connectivity index (χ0) is 21.9. The van der Waals surface area contributed by atoms with Gasteiger partial charge in [0.05, 0.1) is 13.7 Å². The molecule has 1 aromatic carbocycles. The fourth-order valence-corrected chi connectivity index (χ4v) is 3.71. The first-order valence-corrected chi connectivity index (χ1v) is 11.2. The Morgan fingerprint density at radius 3 is 2.61 bits per heavy atom. The Morgan fingerprint density at radius 1 is 1.16 bits per heavy atom. The van der Waals surface area contributed by atoms with Gasteiger partial charge in [0.1, 0.15) is 5.75 Å². The van der Waals surface area contributed by atoms with E-state index in [2.05, 4.69) is 37.3 Å². The van der Waals surface area contributed by atoms with Crippen LogP contribution in [0.4, 0.5) is 5.95 Å². The molecule has 0 atom stereocenters. The van der Waals surface area contributed by atoms with E-state index in [-0.39, 0.29) is 0 Å². The van der Waals surface area contributed by atoms with Crippen LogP contribution in [-0.4, -0.2) is 80.3 Å². The van der Waals surface area contributed by atoms with Crippen LogP contribution in [-0.2, 0) is 6.42 Å². The van der Waals surface area contributed by atoms with Crippen molar-refractivity contribution in [3.8, 4) is 5.75 Å². The summed E-state index contributed by atoms with van der Waals surface area (Å²) in [6.45, 7) is 9.20. The molecular formula is C22H32ClN7O. The van der Waals surface area contributed by atoms with Crippen molar-refractivity contribution in [1.29, 1.82) is 0 Å². The lowest BCUT2D eigenvalue weighted by Crippen LogP contribution is -2.47. The number of nitrogens with zero attached hydrogens (tertiary/aromatic N) is 5. The van der Waals surface area contributed by atoms with Gasteiger partial charge in [-0.25, -0.2) is 9.97 Å². The number of halogens is 1. The van der Waals surface area contributed by atoms with Crippen LogP contribution in [0.1, 0.15) is 12.5 Å². The molecule has 1 aliphatic rings. The summed E-state index contributed by atoms with van der Waals surface area (Å²) >= 11 is 6.33. The van der Waals surface area contributed by atoms with E-state index < -0.39 is 0 Å². The van der Waals surface area contributed by atoms with Gasteiger partial charge >= 0.3 is 0 Å². The monoisotopic (exact) mass is 445 g/mol. The summed E-state index contributed by atoms with van der Waals surface area (Å²) < 4.78 is 5.21. The van der Waals surface area contributed by atoms with E-state index in [0.29, 0.717) is 0 Å². The number of benzene rings is 1. The Kier molecular flexibility index (Phi) is 9.17. The number of hydrogen-bond donors (Lipinski definition) is 2. The largest absolute Gasteiger partial charge is 0.497 e. The minimum Gasteiger partial charge on any atom is -0.497 e. The number of aliphatic imine (C=N–C) groups is 1. The topological polar surface area (TPSA) is 77.9 Å². The second kappa shape index (κ2) is 12.3.